The van der Waals surface area contributed by atoms with Crippen molar-refractivity contribution in [2.45, 2.75) is 18.9 Å². The molecule has 114 valence electrons. The average Bonchev–Trinajstić information content (AvgIpc) is 3.07. The fraction of sp³-hybridized carbons (Fsp3) is 0.412. The highest BCUT2D eigenvalue weighted by Crippen LogP contribution is 2.28. The summed E-state index contributed by atoms with van der Waals surface area (Å²) in [6.07, 6.45) is 3.87. The first kappa shape index (κ1) is 13.5. The van der Waals surface area contributed by atoms with Crippen molar-refractivity contribution < 1.29 is 9.21 Å². The second-order valence-electron chi connectivity index (χ2n) is 6.11. The number of hydrogen-bond acceptors (Lipinski definition) is 4. The molecule has 2 bridgehead atoms. The first-order valence-electron chi connectivity index (χ1n) is 7.84. The molecule has 0 unspecified atom stereocenters. The van der Waals surface area contributed by atoms with Crippen LogP contribution in [0.2, 0.25) is 0 Å². The second-order valence-corrected chi connectivity index (χ2v) is 6.11. The maximum absolute atomic E-state index is 12.4. The van der Waals surface area contributed by atoms with E-state index in [4.69, 9.17) is 4.42 Å². The van der Waals surface area contributed by atoms with Crippen molar-refractivity contribution >= 4 is 5.91 Å². The van der Waals surface area contributed by atoms with Crippen molar-refractivity contribution in [3.8, 4) is 11.5 Å². The monoisotopic (exact) mass is 297 g/mol. The zero-order chi connectivity index (χ0) is 14.9. The van der Waals surface area contributed by atoms with E-state index in [1.807, 2.05) is 30.3 Å². The summed E-state index contributed by atoms with van der Waals surface area (Å²) in [6.45, 7) is 3.28. The van der Waals surface area contributed by atoms with E-state index in [-0.39, 0.29) is 17.7 Å². The summed E-state index contributed by atoms with van der Waals surface area (Å²) in [5.74, 6) is 1.22. The van der Waals surface area contributed by atoms with Crippen LogP contribution >= 0.6 is 0 Å². The number of benzene rings is 1. The van der Waals surface area contributed by atoms with E-state index in [1.165, 1.54) is 19.0 Å². The molecule has 3 aliphatic rings. The summed E-state index contributed by atoms with van der Waals surface area (Å²) in [4.78, 5) is 19.0. The molecule has 1 aromatic carbocycles. The number of carbonyl (C=O) groups excluding carboxylic acids is 1. The molecule has 3 saturated heterocycles. The lowest BCUT2D eigenvalue weighted by Crippen LogP contribution is -2.57. The number of amides is 1. The molecule has 5 rings (SSSR count). The number of nitrogens with one attached hydrogen (secondary N) is 1. The van der Waals surface area contributed by atoms with E-state index in [1.54, 1.807) is 0 Å². The third-order valence-corrected chi connectivity index (χ3v) is 4.72. The van der Waals surface area contributed by atoms with Gasteiger partial charge in [-0.3, -0.25) is 4.79 Å². The summed E-state index contributed by atoms with van der Waals surface area (Å²) in [7, 11) is 0. The first-order valence-corrected chi connectivity index (χ1v) is 7.84. The lowest BCUT2D eigenvalue weighted by molar-refractivity contribution is 0.0606. The number of aromatic nitrogens is 1. The molecule has 1 amide bonds. The van der Waals surface area contributed by atoms with Gasteiger partial charge in [-0.1, -0.05) is 18.2 Å². The predicted octanol–water partition coefficient (Wildman–Crippen LogP) is 2.17. The smallest absolute Gasteiger partial charge is 0.289 e. The Morgan fingerprint density at radius 1 is 1.23 bits per heavy atom. The van der Waals surface area contributed by atoms with Crippen molar-refractivity contribution in [1.82, 2.24) is 15.2 Å². The minimum absolute atomic E-state index is 0.159. The highest BCUT2D eigenvalue weighted by Gasteiger charge is 2.35. The number of rotatable bonds is 3. The Morgan fingerprint density at radius 3 is 2.68 bits per heavy atom. The molecule has 3 fully saturated rings. The number of oxazole rings is 1. The molecular weight excluding hydrogens is 278 g/mol. The van der Waals surface area contributed by atoms with E-state index in [0.717, 1.165) is 25.2 Å². The zero-order valence-electron chi connectivity index (χ0n) is 12.4. The number of hydrogen-bond donors (Lipinski definition) is 1. The number of piperidine rings is 3. The highest BCUT2D eigenvalue weighted by atomic mass is 16.4. The minimum atomic E-state index is -0.159. The van der Waals surface area contributed by atoms with Crippen molar-refractivity contribution in [2.24, 2.45) is 5.92 Å². The number of nitrogens with zero attached hydrogens (tertiary/aromatic N) is 2. The van der Waals surface area contributed by atoms with Gasteiger partial charge >= 0.3 is 0 Å². The molecule has 4 heterocycles. The maximum atomic E-state index is 12.4. The van der Waals surface area contributed by atoms with Gasteiger partial charge in [-0.2, -0.15) is 0 Å². The topological polar surface area (TPSA) is 58.4 Å². The maximum Gasteiger partial charge on any atom is 0.289 e. The van der Waals surface area contributed by atoms with Gasteiger partial charge in [-0.05, 0) is 44.0 Å². The SMILES string of the molecule is O=C(N[C@H]1CN2CCC1CC2)c1cnc(-c2ccccc2)o1. The molecule has 5 heteroatoms. The van der Waals surface area contributed by atoms with E-state index < -0.39 is 0 Å². The molecule has 22 heavy (non-hydrogen) atoms. The van der Waals surface area contributed by atoms with E-state index >= 15 is 0 Å². The van der Waals surface area contributed by atoms with Crippen LogP contribution in [0.4, 0.5) is 0 Å². The number of carbonyl (C=O) groups is 1. The molecule has 0 saturated carbocycles. The van der Waals surface area contributed by atoms with E-state index in [2.05, 4.69) is 15.2 Å². The van der Waals surface area contributed by atoms with Gasteiger partial charge in [0.1, 0.15) is 0 Å². The Morgan fingerprint density at radius 2 is 2.00 bits per heavy atom. The zero-order valence-corrected chi connectivity index (χ0v) is 12.4. The van der Waals surface area contributed by atoms with Gasteiger partial charge < -0.3 is 14.6 Å². The highest BCUT2D eigenvalue weighted by molar-refractivity contribution is 5.91. The normalized spacial score (nSPS) is 26.8. The Balaban J connectivity index is 1.46. The van der Waals surface area contributed by atoms with Crippen LogP contribution in [-0.2, 0) is 0 Å². The summed E-state index contributed by atoms with van der Waals surface area (Å²) in [5, 5.41) is 3.12. The fourth-order valence-electron chi connectivity index (χ4n) is 3.46. The first-order chi connectivity index (χ1) is 10.8. The summed E-state index contributed by atoms with van der Waals surface area (Å²) < 4.78 is 5.62. The Kier molecular flexibility index (Phi) is 3.42. The Labute approximate surface area is 129 Å². The van der Waals surface area contributed by atoms with Crippen molar-refractivity contribution in [3.05, 3.63) is 42.3 Å². The summed E-state index contributed by atoms with van der Waals surface area (Å²) >= 11 is 0. The second kappa shape index (κ2) is 5.57. The van der Waals surface area contributed by atoms with Crippen LogP contribution in [0.25, 0.3) is 11.5 Å². The van der Waals surface area contributed by atoms with Gasteiger partial charge in [0, 0.05) is 18.2 Å². The average molecular weight is 297 g/mol. The predicted molar refractivity (Wildman–Crippen MR) is 82.4 cm³/mol. The van der Waals surface area contributed by atoms with Gasteiger partial charge in [0.2, 0.25) is 11.7 Å². The van der Waals surface area contributed by atoms with Gasteiger partial charge in [0.25, 0.3) is 5.91 Å². The van der Waals surface area contributed by atoms with Gasteiger partial charge in [0.15, 0.2) is 0 Å². The standard InChI is InChI=1S/C17H19N3O2/c21-16(19-14-11-20-8-6-12(14)7-9-20)15-10-18-17(22-15)13-4-2-1-3-5-13/h1-5,10,12,14H,6-9,11H2,(H,19,21)/t14-/m0/s1. The lowest BCUT2D eigenvalue weighted by atomic mass is 9.84. The largest absolute Gasteiger partial charge is 0.431 e. The third-order valence-electron chi connectivity index (χ3n) is 4.72. The molecule has 2 aromatic rings. The molecule has 5 nitrogen and oxygen atoms in total. The minimum Gasteiger partial charge on any atom is -0.431 e. The van der Waals surface area contributed by atoms with Gasteiger partial charge in [-0.15, -0.1) is 0 Å². The van der Waals surface area contributed by atoms with Crippen LogP contribution in [-0.4, -0.2) is 41.5 Å². The molecule has 0 radical (unpaired) electrons. The summed E-state index contributed by atoms with van der Waals surface area (Å²) in [5.41, 5.74) is 0.879. The van der Waals surface area contributed by atoms with Crippen LogP contribution in [0.1, 0.15) is 23.4 Å². The van der Waals surface area contributed by atoms with Crippen LogP contribution in [0, 0.1) is 5.92 Å². The Bertz CT molecular complexity index is 660. The van der Waals surface area contributed by atoms with Crippen LogP contribution in [0.15, 0.2) is 40.9 Å². The van der Waals surface area contributed by atoms with Crippen LogP contribution in [0.3, 0.4) is 0 Å². The molecule has 1 atom stereocenters. The third kappa shape index (κ3) is 2.52. The Hall–Kier alpha value is -2.14. The van der Waals surface area contributed by atoms with Crippen molar-refractivity contribution in [3.63, 3.8) is 0 Å². The van der Waals surface area contributed by atoms with E-state index in [0.29, 0.717) is 11.8 Å². The molecule has 3 aliphatic heterocycles. The number of fused-ring (bicyclic) bond motifs is 3. The molecule has 0 spiro atoms. The fourth-order valence-corrected chi connectivity index (χ4v) is 3.46. The lowest BCUT2D eigenvalue weighted by Gasteiger charge is -2.44. The molecule has 0 aliphatic carbocycles. The summed E-state index contributed by atoms with van der Waals surface area (Å²) in [6, 6.07) is 9.86. The van der Waals surface area contributed by atoms with Crippen molar-refractivity contribution in [2.75, 3.05) is 19.6 Å². The van der Waals surface area contributed by atoms with Crippen molar-refractivity contribution in [1.29, 1.82) is 0 Å². The van der Waals surface area contributed by atoms with Gasteiger partial charge in [-0.25, -0.2) is 4.98 Å². The molecule has 1 aromatic heterocycles. The molecular formula is C17H19N3O2. The quantitative estimate of drug-likeness (QED) is 0.943. The van der Waals surface area contributed by atoms with Crippen LogP contribution < -0.4 is 5.32 Å². The van der Waals surface area contributed by atoms with Gasteiger partial charge in [0.05, 0.1) is 6.20 Å². The van der Waals surface area contributed by atoms with Crippen LogP contribution in [0.5, 0.6) is 0 Å². The van der Waals surface area contributed by atoms with E-state index in [9.17, 15) is 4.79 Å². The molecule has 1 N–H and O–H groups in total.